The van der Waals surface area contributed by atoms with Gasteiger partial charge in [0.05, 0.1) is 0 Å². The van der Waals surface area contributed by atoms with Crippen molar-refractivity contribution in [3.8, 4) is 0 Å². The van der Waals surface area contributed by atoms with Gasteiger partial charge in [-0.25, -0.2) is 4.57 Å². The first-order valence-corrected chi connectivity index (χ1v) is 20.2. The molecule has 0 amide bonds. The highest BCUT2D eigenvalue weighted by molar-refractivity contribution is 7.45. The van der Waals surface area contributed by atoms with Gasteiger partial charge in [0.25, 0.3) is 0 Å². The Morgan fingerprint density at radius 1 is 0.368 bits per heavy atom. The molecule has 0 saturated heterocycles. The van der Waals surface area contributed by atoms with Crippen molar-refractivity contribution in [1.82, 2.24) is 0 Å². The number of phosphoric acid groups is 1. The van der Waals surface area contributed by atoms with Gasteiger partial charge in [0.15, 0.2) is 15.2 Å². The van der Waals surface area contributed by atoms with E-state index in [-0.39, 0.29) is 0 Å². The second-order valence-corrected chi connectivity index (χ2v) is 14.3. The van der Waals surface area contributed by atoms with Crippen molar-refractivity contribution in [2.45, 2.75) is 204 Å². The van der Waals surface area contributed by atoms with E-state index in [0.717, 1.165) is 15.2 Å². The lowest BCUT2D eigenvalue weighted by molar-refractivity contribution is 0.275. The Labute approximate surface area is 245 Å². The molecule has 0 aliphatic heterocycles. The lowest BCUT2D eigenvalue weighted by atomic mass is 10.0. The van der Waals surface area contributed by atoms with Gasteiger partial charge in [-0.15, -0.1) is 10.6 Å². The molecular weight excluding hydrogens is 506 g/mol. The van der Waals surface area contributed by atoms with Gasteiger partial charge in [-0.05, 0) is 0 Å². The van der Waals surface area contributed by atoms with Crippen LogP contribution in [-0.4, -0.2) is 29.9 Å². The first-order chi connectivity index (χ1) is 18.4. The van der Waals surface area contributed by atoms with Crippen molar-refractivity contribution < 1.29 is 19.2 Å². The molecule has 0 fully saturated rings. The maximum absolute atomic E-state index is 8.88. The molecule has 0 aliphatic rings. The smallest absolute Gasteiger partial charge is 0.303 e. The highest BCUT2D eigenvalue weighted by Gasteiger charge is 2.00. The summed E-state index contributed by atoms with van der Waals surface area (Å²) in [4.78, 5) is 21.6. The minimum absolute atomic E-state index is 0.771. The minimum Gasteiger partial charge on any atom is -0.303 e. The molecule has 38 heavy (non-hydrogen) atoms. The van der Waals surface area contributed by atoms with E-state index in [0.29, 0.717) is 0 Å². The van der Waals surface area contributed by atoms with Gasteiger partial charge in [0.2, 0.25) is 0 Å². The van der Waals surface area contributed by atoms with Crippen LogP contribution in [0.3, 0.4) is 0 Å². The summed E-state index contributed by atoms with van der Waals surface area (Å²) in [6.07, 6.45) is 41.6. The molecule has 0 bridgehead atoms. The Balaban J connectivity index is 0. The van der Waals surface area contributed by atoms with Crippen LogP contribution in [0.1, 0.15) is 194 Å². The lowest BCUT2D eigenvalue weighted by Gasteiger charge is -2.04. The van der Waals surface area contributed by atoms with Crippen molar-refractivity contribution in [3.05, 3.63) is 0 Å². The number of unbranched alkanes of at least 4 members (excludes halogenated alkanes) is 26. The highest BCUT2D eigenvalue weighted by atomic mass is 31.2. The number of hydrogen-bond donors (Lipinski definition) is 3. The topological polar surface area (TPSA) is 77.8 Å². The summed E-state index contributed by atoms with van der Waals surface area (Å²) < 4.78 is 8.88. The third kappa shape index (κ3) is 49.6. The molecule has 0 aromatic carbocycles. The largest absolute Gasteiger partial charge is 0.466 e. The molecule has 0 heterocycles. The van der Waals surface area contributed by atoms with Gasteiger partial charge in [-0.3, -0.25) is 0 Å². The zero-order valence-electron chi connectivity index (χ0n) is 26.0. The van der Waals surface area contributed by atoms with Gasteiger partial charge in [0, 0.05) is 0 Å². The average molecular weight is 576 g/mol. The SMILES string of the molecule is CCCCCCCCCCCCCCC[CH2][Al][CH2]CCCCCCCCCCCCCCC.O=P(O)(O)O. The molecule has 4 nitrogen and oxygen atoms in total. The zero-order chi connectivity index (χ0) is 28.4. The minimum atomic E-state index is -4.64. The summed E-state index contributed by atoms with van der Waals surface area (Å²) in [6.45, 7) is 4.62. The monoisotopic (exact) mass is 575 g/mol. The molecule has 0 rings (SSSR count). The third-order valence-electron chi connectivity index (χ3n) is 7.52. The van der Waals surface area contributed by atoms with E-state index in [1.807, 2.05) is 0 Å². The Kier molecular flexibility index (Phi) is 38.3. The van der Waals surface area contributed by atoms with E-state index in [2.05, 4.69) is 13.8 Å². The molecule has 0 aromatic heterocycles. The van der Waals surface area contributed by atoms with Crippen LogP contribution in [0.5, 0.6) is 0 Å². The Morgan fingerprint density at radius 3 is 0.711 bits per heavy atom. The zero-order valence-corrected chi connectivity index (χ0v) is 28.0. The summed E-state index contributed by atoms with van der Waals surface area (Å²) in [5.41, 5.74) is 0. The predicted molar refractivity (Wildman–Crippen MR) is 170 cm³/mol. The van der Waals surface area contributed by atoms with Crippen LogP contribution in [0.25, 0.3) is 0 Å². The molecule has 229 valence electrons. The van der Waals surface area contributed by atoms with Crippen LogP contribution in [-0.2, 0) is 4.57 Å². The van der Waals surface area contributed by atoms with Crippen LogP contribution in [0.4, 0.5) is 0 Å². The third-order valence-corrected chi connectivity index (χ3v) is 9.16. The van der Waals surface area contributed by atoms with Crippen molar-refractivity contribution in [2.24, 2.45) is 0 Å². The standard InChI is InChI=1S/2C16H33.Al.H3O4P/c2*1-3-5-7-9-11-13-15-16-14-12-10-8-6-4-2;;1-5(2,3)4/h2*1,3-16H2,2H3;;(H3,1,2,3,4). The molecule has 0 aliphatic carbocycles. The van der Waals surface area contributed by atoms with Crippen LogP contribution in [0.2, 0.25) is 10.6 Å². The molecule has 0 spiro atoms. The molecule has 0 saturated carbocycles. The van der Waals surface area contributed by atoms with Crippen LogP contribution in [0, 0.1) is 0 Å². The van der Waals surface area contributed by atoms with Crippen molar-refractivity contribution in [1.29, 1.82) is 0 Å². The van der Waals surface area contributed by atoms with Crippen molar-refractivity contribution in [3.63, 3.8) is 0 Å². The van der Waals surface area contributed by atoms with Gasteiger partial charge in [0.1, 0.15) is 0 Å². The summed E-state index contributed by atoms with van der Waals surface area (Å²) in [5.74, 6) is 0. The fourth-order valence-corrected chi connectivity index (χ4v) is 6.55. The first kappa shape index (κ1) is 40.8. The Bertz CT molecular complexity index is 420. The van der Waals surface area contributed by atoms with Gasteiger partial charge in [-0.1, -0.05) is 194 Å². The molecule has 0 aromatic rings. The second kappa shape index (κ2) is 35.7. The molecule has 3 N–H and O–H groups in total. The Morgan fingerprint density at radius 2 is 0.526 bits per heavy atom. The normalized spacial score (nSPS) is 11.4. The molecule has 6 heteroatoms. The maximum atomic E-state index is 8.88. The van der Waals surface area contributed by atoms with E-state index in [4.69, 9.17) is 19.2 Å². The van der Waals surface area contributed by atoms with E-state index in [1.54, 1.807) is 10.6 Å². The second-order valence-electron chi connectivity index (χ2n) is 11.6. The summed E-state index contributed by atoms with van der Waals surface area (Å²) >= 11 is 0.771. The lowest BCUT2D eigenvalue weighted by Crippen LogP contribution is -1.90. The summed E-state index contributed by atoms with van der Waals surface area (Å²) in [7, 11) is -4.64. The van der Waals surface area contributed by atoms with Gasteiger partial charge < -0.3 is 14.7 Å². The Hall–Kier alpha value is 0.642. The summed E-state index contributed by atoms with van der Waals surface area (Å²) in [5, 5.41) is 3.16. The fraction of sp³-hybridized carbons (Fsp3) is 1.00. The first-order valence-electron chi connectivity index (χ1n) is 17.0. The molecular formula is C32H69AlO4P. The average Bonchev–Trinajstić information content (AvgIpc) is 2.87. The van der Waals surface area contributed by atoms with Gasteiger partial charge in [-0.2, -0.15) is 0 Å². The van der Waals surface area contributed by atoms with Gasteiger partial charge >= 0.3 is 7.82 Å². The molecule has 0 unspecified atom stereocenters. The van der Waals surface area contributed by atoms with E-state index in [1.165, 1.54) is 180 Å². The summed E-state index contributed by atoms with van der Waals surface area (Å²) in [6, 6.07) is 0. The predicted octanol–water partition coefficient (Wildman–Crippen LogP) is 11.6. The quantitative estimate of drug-likeness (QED) is 0.0452. The van der Waals surface area contributed by atoms with Crippen LogP contribution >= 0.6 is 7.82 Å². The van der Waals surface area contributed by atoms with Crippen LogP contribution < -0.4 is 0 Å². The van der Waals surface area contributed by atoms with Crippen molar-refractivity contribution >= 4 is 23.0 Å². The van der Waals surface area contributed by atoms with E-state index in [9.17, 15) is 0 Å². The highest BCUT2D eigenvalue weighted by Crippen LogP contribution is 2.25. The van der Waals surface area contributed by atoms with E-state index >= 15 is 0 Å². The fourth-order valence-electron chi connectivity index (χ4n) is 5.11. The molecule has 1 radical (unpaired) electrons. The van der Waals surface area contributed by atoms with Crippen LogP contribution in [0.15, 0.2) is 0 Å². The molecule has 0 atom stereocenters. The van der Waals surface area contributed by atoms with Crippen molar-refractivity contribution in [2.75, 3.05) is 0 Å². The maximum Gasteiger partial charge on any atom is 0.466 e. The number of hydrogen-bond acceptors (Lipinski definition) is 1. The number of rotatable bonds is 30. The van der Waals surface area contributed by atoms with E-state index < -0.39 is 7.82 Å².